The van der Waals surface area contributed by atoms with Crippen molar-refractivity contribution in [1.29, 1.82) is 0 Å². The minimum Gasteiger partial charge on any atom is -0.355 e. The fourth-order valence-electron chi connectivity index (χ4n) is 1.79. The van der Waals surface area contributed by atoms with Crippen LogP contribution in [0, 0.1) is 0 Å². The minimum atomic E-state index is -3.54. The van der Waals surface area contributed by atoms with E-state index in [0.29, 0.717) is 12.8 Å². The molecular weight excluding hydrogens is 404 g/mol. The highest BCUT2D eigenvalue weighted by molar-refractivity contribution is 9.10. The summed E-state index contributed by atoms with van der Waals surface area (Å²) in [7, 11) is -3.54. The Hall–Kier alpha value is -0.630. The van der Waals surface area contributed by atoms with E-state index in [2.05, 4.69) is 21.2 Å². The van der Waals surface area contributed by atoms with Crippen molar-refractivity contribution in [2.45, 2.75) is 49.3 Å². The number of hydrogen-bond acceptors (Lipinski definition) is 4. The molecule has 0 aliphatic rings. The summed E-state index contributed by atoms with van der Waals surface area (Å²) in [5.74, 6) is -0.184. The second kappa shape index (κ2) is 9.01. The summed E-state index contributed by atoms with van der Waals surface area (Å²) >= 11 is 3.28. The molecule has 1 amide bonds. The lowest BCUT2D eigenvalue weighted by atomic mass is 10.1. The molecule has 132 valence electrons. The Kier molecular flexibility index (Phi) is 8.76. The molecule has 0 aromatic heterocycles. The van der Waals surface area contributed by atoms with Gasteiger partial charge in [-0.15, -0.1) is 12.4 Å². The van der Waals surface area contributed by atoms with Gasteiger partial charge in [0.25, 0.3) is 0 Å². The first-order valence-electron chi connectivity index (χ1n) is 7.09. The maximum atomic E-state index is 12.7. The molecule has 1 aromatic carbocycles. The predicted octanol–water partition coefficient (Wildman–Crippen LogP) is 2.67. The van der Waals surface area contributed by atoms with Crippen molar-refractivity contribution in [3.05, 3.63) is 28.7 Å². The molecule has 1 aromatic rings. The van der Waals surface area contributed by atoms with Crippen molar-refractivity contribution < 1.29 is 13.2 Å². The molecule has 0 saturated heterocycles. The highest BCUT2D eigenvalue weighted by Crippen LogP contribution is 2.26. The molecule has 1 unspecified atom stereocenters. The monoisotopic (exact) mass is 426 g/mol. The van der Waals surface area contributed by atoms with E-state index in [4.69, 9.17) is 5.73 Å². The lowest BCUT2D eigenvalue weighted by Gasteiger charge is -2.25. The lowest BCUT2D eigenvalue weighted by Crippen LogP contribution is -2.44. The molecule has 1 rings (SSSR count). The van der Waals surface area contributed by atoms with Crippen molar-refractivity contribution >= 4 is 44.1 Å². The first-order chi connectivity index (χ1) is 10.1. The SMILES string of the molecule is CC(N)CCC(=O)NCC(C)(C)S(=O)(=O)c1ccc(Br)cc1.Cl. The summed E-state index contributed by atoms with van der Waals surface area (Å²) in [5, 5.41) is 2.68. The van der Waals surface area contributed by atoms with Crippen LogP contribution in [0.25, 0.3) is 0 Å². The normalized spacial score (nSPS) is 13.1. The molecule has 0 bridgehead atoms. The second-order valence-corrected chi connectivity index (χ2v) is 9.51. The maximum absolute atomic E-state index is 12.7. The van der Waals surface area contributed by atoms with Gasteiger partial charge in [0.1, 0.15) is 0 Å². The van der Waals surface area contributed by atoms with Crippen molar-refractivity contribution in [3.8, 4) is 0 Å². The molecular formula is C15H24BrClN2O3S. The van der Waals surface area contributed by atoms with Gasteiger partial charge >= 0.3 is 0 Å². The Bertz CT molecular complexity index is 616. The van der Waals surface area contributed by atoms with Gasteiger partial charge in [0.2, 0.25) is 5.91 Å². The number of halogens is 2. The zero-order chi connectivity index (χ0) is 17.0. The smallest absolute Gasteiger partial charge is 0.220 e. The third-order valence-corrected chi connectivity index (χ3v) is 6.41. The Morgan fingerprint density at radius 1 is 1.30 bits per heavy atom. The molecule has 0 aliphatic heterocycles. The third-order valence-electron chi connectivity index (χ3n) is 3.39. The van der Waals surface area contributed by atoms with Crippen LogP contribution in [0.4, 0.5) is 0 Å². The Morgan fingerprint density at radius 2 is 1.83 bits per heavy atom. The minimum absolute atomic E-state index is 0. The average molecular weight is 428 g/mol. The summed E-state index contributed by atoms with van der Waals surface area (Å²) in [6.45, 7) is 5.10. The first kappa shape index (κ1) is 22.4. The molecule has 0 saturated carbocycles. The number of amides is 1. The van der Waals surface area contributed by atoms with Crippen LogP contribution >= 0.6 is 28.3 Å². The molecule has 23 heavy (non-hydrogen) atoms. The number of benzene rings is 1. The van der Waals surface area contributed by atoms with E-state index in [9.17, 15) is 13.2 Å². The summed E-state index contributed by atoms with van der Waals surface area (Å²) in [6.07, 6.45) is 0.873. The summed E-state index contributed by atoms with van der Waals surface area (Å²) in [4.78, 5) is 12.0. The molecule has 0 heterocycles. The number of carbonyl (C=O) groups excluding carboxylic acids is 1. The summed E-state index contributed by atoms with van der Waals surface area (Å²) in [6, 6.07) is 6.43. The van der Waals surface area contributed by atoms with Crippen LogP contribution in [0.2, 0.25) is 0 Å². The van der Waals surface area contributed by atoms with Crippen LogP contribution in [0.3, 0.4) is 0 Å². The van der Waals surface area contributed by atoms with Crippen LogP contribution in [0.1, 0.15) is 33.6 Å². The van der Waals surface area contributed by atoms with Gasteiger partial charge in [-0.25, -0.2) is 8.42 Å². The van der Waals surface area contributed by atoms with Gasteiger partial charge in [-0.05, 0) is 51.5 Å². The second-order valence-electron chi connectivity index (χ2n) is 6.01. The number of nitrogens with two attached hydrogens (primary N) is 1. The highest BCUT2D eigenvalue weighted by atomic mass is 79.9. The number of sulfone groups is 1. The van der Waals surface area contributed by atoms with Crippen molar-refractivity contribution in [2.24, 2.45) is 5.73 Å². The fraction of sp³-hybridized carbons (Fsp3) is 0.533. The van der Waals surface area contributed by atoms with Gasteiger partial charge in [-0.2, -0.15) is 0 Å². The molecule has 0 spiro atoms. The van der Waals surface area contributed by atoms with E-state index in [1.54, 1.807) is 38.1 Å². The lowest BCUT2D eigenvalue weighted by molar-refractivity contribution is -0.121. The molecule has 5 nitrogen and oxygen atoms in total. The van der Waals surface area contributed by atoms with Crippen LogP contribution in [-0.4, -0.2) is 31.7 Å². The molecule has 3 N–H and O–H groups in total. The van der Waals surface area contributed by atoms with Gasteiger partial charge in [0.15, 0.2) is 9.84 Å². The Balaban J connectivity index is 0.00000484. The zero-order valence-electron chi connectivity index (χ0n) is 13.5. The fourth-order valence-corrected chi connectivity index (χ4v) is 3.45. The highest BCUT2D eigenvalue weighted by Gasteiger charge is 2.36. The van der Waals surface area contributed by atoms with Gasteiger partial charge in [0, 0.05) is 23.5 Å². The topological polar surface area (TPSA) is 89.3 Å². The molecule has 1 atom stereocenters. The number of hydrogen-bond donors (Lipinski definition) is 2. The van der Waals surface area contributed by atoms with Crippen LogP contribution in [-0.2, 0) is 14.6 Å². The molecule has 0 radical (unpaired) electrons. The van der Waals surface area contributed by atoms with Gasteiger partial charge in [-0.3, -0.25) is 4.79 Å². The first-order valence-corrected chi connectivity index (χ1v) is 9.36. The largest absolute Gasteiger partial charge is 0.355 e. The zero-order valence-corrected chi connectivity index (χ0v) is 16.7. The van der Waals surface area contributed by atoms with Gasteiger partial charge < -0.3 is 11.1 Å². The Morgan fingerprint density at radius 3 is 2.30 bits per heavy atom. The standard InChI is InChI=1S/C15H23BrN2O3S.ClH/c1-11(17)4-9-14(19)18-10-15(2,3)22(20,21)13-7-5-12(16)6-8-13;/h5-8,11H,4,9-10,17H2,1-3H3,(H,18,19);1H. The Labute approximate surface area is 152 Å². The van der Waals surface area contributed by atoms with E-state index in [-0.39, 0.29) is 35.8 Å². The summed E-state index contributed by atoms with van der Waals surface area (Å²) in [5.41, 5.74) is 5.60. The van der Waals surface area contributed by atoms with Crippen LogP contribution in [0.15, 0.2) is 33.6 Å². The van der Waals surface area contributed by atoms with Gasteiger partial charge in [0.05, 0.1) is 9.64 Å². The average Bonchev–Trinajstić information content (AvgIpc) is 2.43. The third kappa shape index (κ3) is 6.41. The number of rotatable bonds is 7. The van der Waals surface area contributed by atoms with E-state index in [0.717, 1.165) is 4.47 Å². The number of nitrogens with one attached hydrogen (secondary N) is 1. The van der Waals surface area contributed by atoms with E-state index in [1.807, 2.05) is 6.92 Å². The van der Waals surface area contributed by atoms with Crippen LogP contribution in [0.5, 0.6) is 0 Å². The van der Waals surface area contributed by atoms with Crippen molar-refractivity contribution in [2.75, 3.05) is 6.54 Å². The summed E-state index contributed by atoms with van der Waals surface area (Å²) < 4.78 is 25.0. The quantitative estimate of drug-likeness (QED) is 0.700. The molecule has 8 heteroatoms. The van der Waals surface area contributed by atoms with E-state index >= 15 is 0 Å². The van der Waals surface area contributed by atoms with Crippen LogP contribution < -0.4 is 11.1 Å². The van der Waals surface area contributed by atoms with Crippen molar-refractivity contribution in [1.82, 2.24) is 5.32 Å². The maximum Gasteiger partial charge on any atom is 0.220 e. The van der Waals surface area contributed by atoms with E-state index in [1.165, 1.54) is 0 Å². The van der Waals surface area contributed by atoms with Gasteiger partial charge in [-0.1, -0.05) is 15.9 Å². The predicted molar refractivity (Wildman–Crippen MR) is 98.5 cm³/mol. The van der Waals surface area contributed by atoms with E-state index < -0.39 is 14.6 Å². The molecule has 0 fully saturated rings. The number of carbonyl (C=O) groups is 1. The van der Waals surface area contributed by atoms with Crippen molar-refractivity contribution in [3.63, 3.8) is 0 Å². The molecule has 0 aliphatic carbocycles.